The van der Waals surface area contributed by atoms with Crippen LogP contribution in [0.1, 0.15) is 25.0 Å². The highest BCUT2D eigenvalue weighted by Gasteiger charge is 2.07. The monoisotopic (exact) mass is 292 g/mol. The summed E-state index contributed by atoms with van der Waals surface area (Å²) < 4.78 is 5.50. The van der Waals surface area contributed by atoms with E-state index in [0.29, 0.717) is 13.1 Å². The molecule has 0 heterocycles. The fraction of sp³-hybridized carbons (Fsp3) is 0.500. The van der Waals surface area contributed by atoms with Gasteiger partial charge in [-0.25, -0.2) is 0 Å². The van der Waals surface area contributed by atoms with Crippen molar-refractivity contribution in [1.82, 2.24) is 10.6 Å². The van der Waals surface area contributed by atoms with Gasteiger partial charge in [0.1, 0.15) is 5.75 Å². The van der Waals surface area contributed by atoms with Crippen LogP contribution in [0.25, 0.3) is 0 Å². The number of hydrogen-bond donors (Lipinski definition) is 2. The summed E-state index contributed by atoms with van der Waals surface area (Å²) in [5.41, 5.74) is 2.09. The predicted molar refractivity (Wildman–Crippen MR) is 82.3 cm³/mol. The molecule has 1 rings (SSSR count). The Bertz CT molecular complexity index is 498. The van der Waals surface area contributed by atoms with Gasteiger partial charge in [-0.15, -0.1) is 0 Å². The zero-order valence-electron chi connectivity index (χ0n) is 13.2. The molecule has 0 aromatic heterocycles. The van der Waals surface area contributed by atoms with Gasteiger partial charge in [-0.3, -0.25) is 9.59 Å². The topological polar surface area (TPSA) is 67.4 Å². The SMILES string of the molecule is Cc1ccc(C)c(OCC(=O)NCCNC(=O)C(C)C)c1. The minimum absolute atomic E-state index is 0.0177. The Morgan fingerprint density at radius 1 is 1.14 bits per heavy atom. The normalized spacial score (nSPS) is 10.3. The molecule has 1 aromatic carbocycles. The number of ether oxygens (including phenoxy) is 1. The molecule has 2 N–H and O–H groups in total. The first-order valence-electron chi connectivity index (χ1n) is 7.14. The summed E-state index contributed by atoms with van der Waals surface area (Å²) in [7, 11) is 0. The molecule has 116 valence electrons. The first-order valence-corrected chi connectivity index (χ1v) is 7.14. The third-order valence-electron chi connectivity index (χ3n) is 2.97. The maximum Gasteiger partial charge on any atom is 0.258 e. The Morgan fingerprint density at radius 2 is 1.81 bits per heavy atom. The van der Waals surface area contributed by atoms with Crippen LogP contribution in [0.5, 0.6) is 5.75 Å². The highest BCUT2D eigenvalue weighted by molar-refractivity contribution is 5.78. The van der Waals surface area contributed by atoms with Gasteiger partial charge in [0.2, 0.25) is 5.91 Å². The average molecular weight is 292 g/mol. The zero-order chi connectivity index (χ0) is 15.8. The predicted octanol–water partition coefficient (Wildman–Crippen LogP) is 1.57. The van der Waals surface area contributed by atoms with Crippen molar-refractivity contribution in [1.29, 1.82) is 0 Å². The lowest BCUT2D eigenvalue weighted by Gasteiger charge is -2.11. The Balaban J connectivity index is 2.25. The Labute approximate surface area is 126 Å². The molecular formula is C16H24N2O3. The van der Waals surface area contributed by atoms with Crippen molar-refractivity contribution in [3.05, 3.63) is 29.3 Å². The molecule has 0 unspecified atom stereocenters. The van der Waals surface area contributed by atoms with E-state index in [4.69, 9.17) is 4.74 Å². The van der Waals surface area contributed by atoms with Crippen molar-refractivity contribution in [2.24, 2.45) is 5.92 Å². The molecule has 0 atom stereocenters. The van der Waals surface area contributed by atoms with Crippen LogP contribution in [-0.2, 0) is 9.59 Å². The molecule has 0 saturated heterocycles. The molecule has 0 radical (unpaired) electrons. The fourth-order valence-corrected chi connectivity index (χ4v) is 1.65. The van der Waals surface area contributed by atoms with Gasteiger partial charge in [-0.1, -0.05) is 26.0 Å². The number of benzene rings is 1. The van der Waals surface area contributed by atoms with Gasteiger partial charge in [0, 0.05) is 19.0 Å². The molecule has 0 saturated carbocycles. The first kappa shape index (κ1) is 17.0. The van der Waals surface area contributed by atoms with Crippen molar-refractivity contribution in [3.8, 4) is 5.75 Å². The lowest BCUT2D eigenvalue weighted by atomic mass is 10.1. The number of nitrogens with one attached hydrogen (secondary N) is 2. The van der Waals surface area contributed by atoms with E-state index in [1.165, 1.54) is 0 Å². The van der Waals surface area contributed by atoms with Crippen LogP contribution in [0.3, 0.4) is 0 Å². The van der Waals surface area contributed by atoms with Gasteiger partial charge in [0.05, 0.1) is 0 Å². The van der Waals surface area contributed by atoms with E-state index in [-0.39, 0.29) is 24.3 Å². The third-order valence-corrected chi connectivity index (χ3v) is 2.97. The molecule has 0 fully saturated rings. The fourth-order valence-electron chi connectivity index (χ4n) is 1.65. The van der Waals surface area contributed by atoms with Crippen molar-refractivity contribution in [2.45, 2.75) is 27.7 Å². The van der Waals surface area contributed by atoms with Gasteiger partial charge in [-0.05, 0) is 31.0 Å². The van der Waals surface area contributed by atoms with Crippen LogP contribution in [0.4, 0.5) is 0 Å². The Kier molecular flexibility index (Phi) is 6.72. The molecule has 5 heteroatoms. The number of rotatable bonds is 7. The second-order valence-corrected chi connectivity index (χ2v) is 5.35. The third kappa shape index (κ3) is 6.29. The van der Waals surface area contributed by atoms with Gasteiger partial charge in [0.25, 0.3) is 5.91 Å². The zero-order valence-corrected chi connectivity index (χ0v) is 13.2. The van der Waals surface area contributed by atoms with Crippen molar-refractivity contribution < 1.29 is 14.3 Å². The summed E-state index contributed by atoms with van der Waals surface area (Å²) in [4.78, 5) is 23.0. The summed E-state index contributed by atoms with van der Waals surface area (Å²) in [6.07, 6.45) is 0. The smallest absolute Gasteiger partial charge is 0.258 e. The van der Waals surface area contributed by atoms with Gasteiger partial charge in [0.15, 0.2) is 6.61 Å². The molecule has 0 aliphatic rings. The van der Waals surface area contributed by atoms with Crippen LogP contribution >= 0.6 is 0 Å². The van der Waals surface area contributed by atoms with Gasteiger partial charge < -0.3 is 15.4 Å². The van der Waals surface area contributed by atoms with E-state index in [1.807, 2.05) is 45.9 Å². The van der Waals surface area contributed by atoms with E-state index >= 15 is 0 Å². The van der Waals surface area contributed by atoms with Crippen LogP contribution in [0, 0.1) is 19.8 Å². The van der Waals surface area contributed by atoms with Crippen LogP contribution in [0.15, 0.2) is 18.2 Å². The van der Waals surface area contributed by atoms with Crippen LogP contribution < -0.4 is 15.4 Å². The van der Waals surface area contributed by atoms with Gasteiger partial charge >= 0.3 is 0 Å². The molecule has 0 aliphatic heterocycles. The molecule has 0 aliphatic carbocycles. The number of hydrogen-bond acceptors (Lipinski definition) is 3. The summed E-state index contributed by atoms with van der Waals surface area (Å²) in [6.45, 7) is 8.36. The molecule has 5 nitrogen and oxygen atoms in total. The van der Waals surface area contributed by atoms with Crippen molar-refractivity contribution in [2.75, 3.05) is 19.7 Å². The average Bonchev–Trinajstić information content (AvgIpc) is 2.44. The second kappa shape index (κ2) is 8.29. The molecule has 0 bridgehead atoms. The van der Waals surface area contributed by atoms with Crippen molar-refractivity contribution >= 4 is 11.8 Å². The van der Waals surface area contributed by atoms with E-state index < -0.39 is 0 Å². The summed E-state index contributed by atoms with van der Waals surface area (Å²) in [5.74, 6) is 0.456. The number of amides is 2. The molecule has 1 aromatic rings. The minimum Gasteiger partial charge on any atom is -0.483 e. The molecular weight excluding hydrogens is 268 g/mol. The Morgan fingerprint density at radius 3 is 2.48 bits per heavy atom. The molecule has 2 amide bonds. The first-order chi connectivity index (χ1) is 9.90. The number of aryl methyl sites for hydroxylation is 2. The lowest BCUT2D eigenvalue weighted by Crippen LogP contribution is -2.38. The number of carbonyl (C=O) groups is 2. The summed E-state index contributed by atoms with van der Waals surface area (Å²) in [5, 5.41) is 5.44. The van der Waals surface area contributed by atoms with Crippen LogP contribution in [-0.4, -0.2) is 31.5 Å². The highest BCUT2D eigenvalue weighted by Crippen LogP contribution is 2.18. The summed E-state index contributed by atoms with van der Waals surface area (Å²) in [6, 6.07) is 5.87. The Hall–Kier alpha value is -2.04. The van der Waals surface area contributed by atoms with Crippen LogP contribution in [0.2, 0.25) is 0 Å². The maximum absolute atomic E-state index is 11.6. The van der Waals surface area contributed by atoms with E-state index in [2.05, 4.69) is 10.6 Å². The summed E-state index contributed by atoms with van der Waals surface area (Å²) >= 11 is 0. The minimum atomic E-state index is -0.199. The molecule has 21 heavy (non-hydrogen) atoms. The van der Waals surface area contributed by atoms with E-state index in [1.54, 1.807) is 0 Å². The quantitative estimate of drug-likeness (QED) is 0.750. The van der Waals surface area contributed by atoms with E-state index in [0.717, 1.165) is 16.9 Å². The number of carbonyl (C=O) groups excluding carboxylic acids is 2. The largest absolute Gasteiger partial charge is 0.483 e. The van der Waals surface area contributed by atoms with Gasteiger partial charge in [-0.2, -0.15) is 0 Å². The van der Waals surface area contributed by atoms with E-state index in [9.17, 15) is 9.59 Å². The second-order valence-electron chi connectivity index (χ2n) is 5.35. The molecule has 0 spiro atoms. The standard InChI is InChI=1S/C16H24N2O3/c1-11(2)16(20)18-8-7-17-15(19)10-21-14-9-12(3)5-6-13(14)4/h5-6,9,11H,7-8,10H2,1-4H3,(H,17,19)(H,18,20). The highest BCUT2D eigenvalue weighted by atomic mass is 16.5. The lowest BCUT2D eigenvalue weighted by molar-refractivity contribution is -0.125. The maximum atomic E-state index is 11.6. The van der Waals surface area contributed by atoms with Crippen molar-refractivity contribution in [3.63, 3.8) is 0 Å².